The number of ether oxygens (including phenoxy) is 2. The third-order valence-corrected chi connectivity index (χ3v) is 1.11. The maximum atomic E-state index is 10.9. The van der Waals surface area contributed by atoms with Gasteiger partial charge in [0.2, 0.25) is 0 Å². The lowest BCUT2D eigenvalue weighted by molar-refractivity contribution is -0.138. The highest BCUT2D eigenvalue weighted by atomic mass is 16.5. The van der Waals surface area contributed by atoms with E-state index in [-0.39, 0.29) is 12.1 Å². The maximum absolute atomic E-state index is 10.9. The third-order valence-electron chi connectivity index (χ3n) is 1.11. The Morgan fingerprint density at radius 3 is 2.38 bits per heavy atom. The number of carbonyl (C=O) groups is 1. The average Bonchev–Trinajstić information content (AvgIpc) is 2.00. The van der Waals surface area contributed by atoms with E-state index in [1.165, 1.54) is 12.3 Å². The van der Waals surface area contributed by atoms with Crippen LogP contribution in [0.15, 0.2) is 12.3 Å². The van der Waals surface area contributed by atoms with Crippen LogP contribution in [0.2, 0.25) is 0 Å². The van der Waals surface area contributed by atoms with Gasteiger partial charge in [-0.1, -0.05) is 13.8 Å². The number of hydrogen-bond donors (Lipinski definition) is 0. The van der Waals surface area contributed by atoms with Crippen LogP contribution in [0.1, 0.15) is 27.7 Å². The van der Waals surface area contributed by atoms with Gasteiger partial charge >= 0.3 is 5.97 Å². The van der Waals surface area contributed by atoms with Crippen LogP contribution in [0.25, 0.3) is 0 Å². The Kier molecular flexibility index (Phi) is 6.02. The quantitative estimate of drug-likeness (QED) is 0.375. The molecule has 3 nitrogen and oxygen atoms in total. The topological polar surface area (TPSA) is 35.5 Å². The molecule has 76 valence electrons. The van der Waals surface area contributed by atoms with E-state index in [1.807, 2.05) is 27.7 Å². The molecule has 0 bridgehead atoms. The van der Waals surface area contributed by atoms with Gasteiger partial charge in [-0.3, -0.25) is 0 Å². The van der Waals surface area contributed by atoms with Gasteiger partial charge in [0.25, 0.3) is 0 Å². The summed E-state index contributed by atoms with van der Waals surface area (Å²) < 4.78 is 9.92. The lowest BCUT2D eigenvalue weighted by atomic mass is 10.2. The predicted molar refractivity (Wildman–Crippen MR) is 51.2 cm³/mol. The molecule has 0 aromatic rings. The normalized spacial score (nSPS) is 11.2. The minimum atomic E-state index is -0.352. The van der Waals surface area contributed by atoms with Gasteiger partial charge in [-0.2, -0.15) is 0 Å². The van der Waals surface area contributed by atoms with E-state index in [0.29, 0.717) is 12.5 Å². The van der Waals surface area contributed by atoms with Gasteiger partial charge in [-0.25, -0.2) is 4.79 Å². The molecule has 0 spiro atoms. The van der Waals surface area contributed by atoms with Crippen LogP contribution in [-0.4, -0.2) is 18.7 Å². The molecule has 0 N–H and O–H groups in total. The molecule has 0 fully saturated rings. The van der Waals surface area contributed by atoms with Crippen LogP contribution in [-0.2, 0) is 14.3 Å². The zero-order valence-corrected chi connectivity index (χ0v) is 8.74. The first-order chi connectivity index (χ1) is 6.02. The lowest BCUT2D eigenvalue weighted by Crippen LogP contribution is -2.07. The summed E-state index contributed by atoms with van der Waals surface area (Å²) in [6, 6.07) is 0. The average molecular weight is 186 g/mol. The molecule has 0 amide bonds. The van der Waals surface area contributed by atoms with Crippen LogP contribution in [0.3, 0.4) is 0 Å². The molecule has 0 aliphatic rings. The number of hydrogen-bond acceptors (Lipinski definition) is 3. The molecule has 0 aliphatic carbocycles. The monoisotopic (exact) mass is 186 g/mol. The fourth-order valence-electron chi connectivity index (χ4n) is 0.549. The Morgan fingerprint density at radius 2 is 1.92 bits per heavy atom. The van der Waals surface area contributed by atoms with Gasteiger partial charge in [-0.15, -0.1) is 0 Å². The van der Waals surface area contributed by atoms with E-state index in [9.17, 15) is 4.79 Å². The molecule has 0 saturated carbocycles. The number of carbonyl (C=O) groups excluding carboxylic acids is 1. The van der Waals surface area contributed by atoms with Crippen LogP contribution >= 0.6 is 0 Å². The third kappa shape index (κ3) is 8.92. The summed E-state index contributed by atoms with van der Waals surface area (Å²) in [4.78, 5) is 10.9. The highest BCUT2D eigenvalue weighted by Crippen LogP contribution is 1.94. The van der Waals surface area contributed by atoms with Crippen LogP contribution in [0, 0.1) is 5.92 Å². The predicted octanol–water partition coefficient (Wildman–Crippen LogP) is 2.12. The van der Waals surface area contributed by atoms with Crippen molar-refractivity contribution < 1.29 is 14.3 Å². The van der Waals surface area contributed by atoms with Crippen LogP contribution in [0.5, 0.6) is 0 Å². The van der Waals surface area contributed by atoms with E-state index < -0.39 is 0 Å². The summed E-state index contributed by atoms with van der Waals surface area (Å²) in [6.45, 7) is 8.21. The second-order valence-electron chi connectivity index (χ2n) is 3.51. The fourth-order valence-corrected chi connectivity index (χ4v) is 0.549. The minimum absolute atomic E-state index is 0.0918. The zero-order chi connectivity index (χ0) is 10.3. The first-order valence-electron chi connectivity index (χ1n) is 4.51. The summed E-state index contributed by atoms with van der Waals surface area (Å²) in [5.41, 5.74) is 0. The zero-order valence-electron chi connectivity index (χ0n) is 8.74. The highest BCUT2D eigenvalue weighted by molar-refractivity contribution is 5.81. The fraction of sp³-hybridized carbons (Fsp3) is 0.700. The summed E-state index contributed by atoms with van der Waals surface area (Å²) in [5.74, 6) is 0.0118. The Balaban J connectivity index is 3.56. The minimum Gasteiger partial charge on any atom is -0.498 e. The van der Waals surface area contributed by atoms with E-state index in [0.717, 1.165) is 0 Å². The molecule has 3 heteroatoms. The number of rotatable bonds is 5. The molecule has 0 heterocycles. The SMILES string of the molecule is CC(C)COC(=O)C=COC(C)C. The van der Waals surface area contributed by atoms with Gasteiger partial charge in [0.15, 0.2) is 0 Å². The molecule has 0 saturated heterocycles. The standard InChI is InChI=1S/C10H18O3/c1-8(2)7-13-10(11)5-6-12-9(3)4/h5-6,8-9H,7H2,1-4H3. The molecule has 0 aliphatic heterocycles. The van der Waals surface area contributed by atoms with E-state index >= 15 is 0 Å². The van der Waals surface area contributed by atoms with Crippen molar-refractivity contribution in [2.45, 2.75) is 33.8 Å². The summed E-state index contributed by atoms with van der Waals surface area (Å²) in [5, 5.41) is 0. The number of esters is 1. The maximum Gasteiger partial charge on any atom is 0.333 e. The van der Waals surface area contributed by atoms with Gasteiger partial charge in [0.05, 0.1) is 25.0 Å². The van der Waals surface area contributed by atoms with Gasteiger partial charge in [0.1, 0.15) is 0 Å². The van der Waals surface area contributed by atoms with E-state index in [1.54, 1.807) is 0 Å². The Hall–Kier alpha value is -0.990. The smallest absolute Gasteiger partial charge is 0.333 e. The lowest BCUT2D eigenvalue weighted by Gasteiger charge is -2.05. The van der Waals surface area contributed by atoms with Crippen molar-refractivity contribution in [3.05, 3.63) is 12.3 Å². The van der Waals surface area contributed by atoms with Crippen LogP contribution in [0.4, 0.5) is 0 Å². The van der Waals surface area contributed by atoms with E-state index in [4.69, 9.17) is 9.47 Å². The summed E-state index contributed by atoms with van der Waals surface area (Å²) >= 11 is 0. The molecule has 0 aromatic heterocycles. The van der Waals surface area contributed by atoms with Crippen molar-refractivity contribution in [3.8, 4) is 0 Å². The molecular formula is C10H18O3. The van der Waals surface area contributed by atoms with Crippen molar-refractivity contribution in [1.29, 1.82) is 0 Å². The Morgan fingerprint density at radius 1 is 1.31 bits per heavy atom. The summed E-state index contributed by atoms with van der Waals surface area (Å²) in [6.07, 6.45) is 2.75. The van der Waals surface area contributed by atoms with Crippen molar-refractivity contribution in [1.82, 2.24) is 0 Å². The second kappa shape index (κ2) is 6.52. The van der Waals surface area contributed by atoms with Crippen molar-refractivity contribution in [2.24, 2.45) is 5.92 Å². The molecule has 0 unspecified atom stereocenters. The van der Waals surface area contributed by atoms with Crippen molar-refractivity contribution in [2.75, 3.05) is 6.61 Å². The van der Waals surface area contributed by atoms with Gasteiger partial charge in [-0.05, 0) is 19.8 Å². The first-order valence-corrected chi connectivity index (χ1v) is 4.51. The molecule has 13 heavy (non-hydrogen) atoms. The van der Waals surface area contributed by atoms with Crippen molar-refractivity contribution >= 4 is 5.97 Å². The molecular weight excluding hydrogens is 168 g/mol. The molecule has 0 aromatic carbocycles. The van der Waals surface area contributed by atoms with Gasteiger partial charge < -0.3 is 9.47 Å². The first kappa shape index (κ1) is 12.0. The van der Waals surface area contributed by atoms with Gasteiger partial charge in [0, 0.05) is 0 Å². The second-order valence-corrected chi connectivity index (χ2v) is 3.51. The van der Waals surface area contributed by atoms with Crippen LogP contribution < -0.4 is 0 Å². The Bertz CT molecular complexity index is 171. The summed E-state index contributed by atoms with van der Waals surface area (Å²) in [7, 11) is 0. The molecule has 0 radical (unpaired) electrons. The van der Waals surface area contributed by atoms with Crippen molar-refractivity contribution in [3.63, 3.8) is 0 Å². The largest absolute Gasteiger partial charge is 0.498 e. The molecule has 0 atom stereocenters. The Labute approximate surface area is 79.7 Å². The molecule has 0 rings (SSSR count). The highest BCUT2D eigenvalue weighted by Gasteiger charge is 1.99. The van der Waals surface area contributed by atoms with E-state index in [2.05, 4.69) is 0 Å².